The molecule has 2 aliphatic carbocycles. The average molecular weight is 265 g/mol. The van der Waals surface area contributed by atoms with E-state index in [-0.39, 0.29) is 0 Å². The molecule has 112 valence electrons. The summed E-state index contributed by atoms with van der Waals surface area (Å²) in [7, 11) is 0. The molecule has 1 heteroatoms. The predicted octanol–water partition coefficient (Wildman–Crippen LogP) is 5.44. The molecule has 0 saturated heterocycles. The zero-order valence-corrected chi connectivity index (χ0v) is 13.0. The summed E-state index contributed by atoms with van der Waals surface area (Å²) >= 11 is 0. The molecule has 0 spiro atoms. The molecule has 0 radical (unpaired) electrons. The Morgan fingerprint density at radius 1 is 0.579 bits per heavy atom. The smallest absolute Gasteiger partial charge is 0.00670 e. The molecule has 0 aromatic rings. The highest BCUT2D eigenvalue weighted by molar-refractivity contribution is 4.73. The summed E-state index contributed by atoms with van der Waals surface area (Å²) in [6, 6.07) is 0.833. The summed E-state index contributed by atoms with van der Waals surface area (Å²) < 4.78 is 0. The van der Waals surface area contributed by atoms with E-state index in [4.69, 9.17) is 0 Å². The third-order valence-corrected chi connectivity index (χ3v) is 5.32. The molecule has 2 fully saturated rings. The first-order valence-corrected chi connectivity index (χ1v) is 9.18. The van der Waals surface area contributed by atoms with Crippen LogP contribution >= 0.6 is 0 Å². The molecule has 0 amide bonds. The summed E-state index contributed by atoms with van der Waals surface area (Å²) in [6.07, 6.45) is 22.1. The van der Waals surface area contributed by atoms with Gasteiger partial charge in [-0.25, -0.2) is 0 Å². The van der Waals surface area contributed by atoms with E-state index in [1.54, 1.807) is 0 Å². The third kappa shape index (κ3) is 6.79. The molecule has 19 heavy (non-hydrogen) atoms. The van der Waals surface area contributed by atoms with E-state index < -0.39 is 0 Å². The summed E-state index contributed by atoms with van der Waals surface area (Å²) in [4.78, 5) is 0. The quantitative estimate of drug-likeness (QED) is 0.713. The van der Waals surface area contributed by atoms with Gasteiger partial charge in [0, 0.05) is 6.04 Å². The maximum Gasteiger partial charge on any atom is 0.00670 e. The Bertz CT molecular complexity index is 198. The summed E-state index contributed by atoms with van der Waals surface area (Å²) in [5.74, 6) is 1.07. The standard InChI is InChI=1S/C18H35N/c1-2-4-6-8-13-18(14-9-7-5-3-1)19-16-15-17-11-10-12-17/h17-19H,1-16H2. The molecule has 1 N–H and O–H groups in total. The maximum atomic E-state index is 3.87. The van der Waals surface area contributed by atoms with Crippen molar-refractivity contribution in [3.8, 4) is 0 Å². The second-order valence-corrected chi connectivity index (χ2v) is 7.00. The van der Waals surface area contributed by atoms with Crippen LogP contribution in [0, 0.1) is 5.92 Å². The van der Waals surface area contributed by atoms with E-state index >= 15 is 0 Å². The van der Waals surface area contributed by atoms with Gasteiger partial charge in [-0.15, -0.1) is 0 Å². The molecule has 0 unspecified atom stereocenters. The normalized spacial score (nSPS) is 25.3. The summed E-state index contributed by atoms with van der Waals surface area (Å²) in [6.45, 7) is 1.29. The van der Waals surface area contributed by atoms with Gasteiger partial charge in [-0.3, -0.25) is 0 Å². The largest absolute Gasteiger partial charge is 0.314 e. The highest BCUT2D eigenvalue weighted by Gasteiger charge is 2.17. The fourth-order valence-electron chi connectivity index (χ4n) is 3.64. The number of nitrogens with one attached hydrogen (secondary N) is 1. The first kappa shape index (κ1) is 15.4. The Balaban J connectivity index is 1.59. The van der Waals surface area contributed by atoms with Crippen molar-refractivity contribution in [1.82, 2.24) is 5.32 Å². The fourth-order valence-corrected chi connectivity index (χ4v) is 3.64. The minimum atomic E-state index is 0.833. The van der Waals surface area contributed by atoms with Gasteiger partial charge in [0.2, 0.25) is 0 Å². The van der Waals surface area contributed by atoms with Crippen molar-refractivity contribution >= 4 is 0 Å². The highest BCUT2D eigenvalue weighted by atomic mass is 14.9. The maximum absolute atomic E-state index is 3.87. The van der Waals surface area contributed by atoms with E-state index in [2.05, 4.69) is 5.32 Å². The first-order valence-electron chi connectivity index (χ1n) is 9.18. The van der Waals surface area contributed by atoms with Crippen molar-refractivity contribution in [2.75, 3.05) is 6.54 Å². The molecule has 2 rings (SSSR count). The zero-order chi connectivity index (χ0) is 13.2. The van der Waals surface area contributed by atoms with Crippen molar-refractivity contribution in [3.05, 3.63) is 0 Å². The van der Waals surface area contributed by atoms with Crippen molar-refractivity contribution in [2.24, 2.45) is 5.92 Å². The van der Waals surface area contributed by atoms with Gasteiger partial charge in [-0.1, -0.05) is 77.0 Å². The minimum Gasteiger partial charge on any atom is -0.314 e. The lowest BCUT2D eigenvalue weighted by atomic mass is 9.83. The summed E-state index contributed by atoms with van der Waals surface area (Å²) in [5.41, 5.74) is 0. The Kier molecular flexibility index (Phi) is 7.92. The molecule has 0 bridgehead atoms. The van der Waals surface area contributed by atoms with Gasteiger partial charge in [-0.05, 0) is 31.7 Å². The zero-order valence-electron chi connectivity index (χ0n) is 13.0. The van der Waals surface area contributed by atoms with Gasteiger partial charge in [0.05, 0.1) is 0 Å². The first-order chi connectivity index (χ1) is 9.45. The SMILES string of the molecule is C1CCCCCC(NCCC2CCC2)CCCCC1. The van der Waals surface area contributed by atoms with Crippen LogP contribution in [0.4, 0.5) is 0 Å². The molecule has 0 aromatic heterocycles. The highest BCUT2D eigenvalue weighted by Crippen LogP contribution is 2.28. The van der Waals surface area contributed by atoms with Crippen LogP contribution in [0.1, 0.15) is 96.3 Å². The molecule has 2 saturated carbocycles. The monoisotopic (exact) mass is 265 g/mol. The topological polar surface area (TPSA) is 12.0 Å². The van der Waals surface area contributed by atoms with Gasteiger partial charge in [0.25, 0.3) is 0 Å². The molecular formula is C18H35N. The molecule has 2 aliphatic rings. The fraction of sp³-hybridized carbons (Fsp3) is 1.00. The minimum absolute atomic E-state index is 0.833. The van der Waals surface area contributed by atoms with Gasteiger partial charge < -0.3 is 5.32 Å². The van der Waals surface area contributed by atoms with E-state index in [0.29, 0.717) is 0 Å². The third-order valence-electron chi connectivity index (χ3n) is 5.32. The average Bonchev–Trinajstić information content (AvgIpc) is 2.35. The van der Waals surface area contributed by atoms with E-state index in [0.717, 1.165) is 12.0 Å². The molecular weight excluding hydrogens is 230 g/mol. The lowest BCUT2D eigenvalue weighted by Gasteiger charge is -2.27. The second-order valence-electron chi connectivity index (χ2n) is 7.00. The summed E-state index contributed by atoms with van der Waals surface area (Å²) in [5, 5.41) is 3.87. The van der Waals surface area contributed by atoms with E-state index in [1.807, 2.05) is 0 Å². The van der Waals surface area contributed by atoms with Crippen LogP contribution in [-0.4, -0.2) is 12.6 Å². The van der Waals surface area contributed by atoms with Gasteiger partial charge in [0.15, 0.2) is 0 Å². The van der Waals surface area contributed by atoms with Gasteiger partial charge in [-0.2, -0.15) is 0 Å². The Hall–Kier alpha value is -0.0400. The Morgan fingerprint density at radius 2 is 1.11 bits per heavy atom. The van der Waals surface area contributed by atoms with Crippen LogP contribution in [0.5, 0.6) is 0 Å². The number of hydrogen-bond donors (Lipinski definition) is 1. The van der Waals surface area contributed by atoms with Crippen molar-refractivity contribution in [2.45, 2.75) is 102 Å². The molecule has 1 nitrogen and oxygen atoms in total. The van der Waals surface area contributed by atoms with Gasteiger partial charge >= 0.3 is 0 Å². The molecule has 0 atom stereocenters. The van der Waals surface area contributed by atoms with Crippen molar-refractivity contribution < 1.29 is 0 Å². The van der Waals surface area contributed by atoms with E-state index in [9.17, 15) is 0 Å². The molecule has 0 aromatic carbocycles. The number of hydrogen-bond acceptors (Lipinski definition) is 1. The lowest BCUT2D eigenvalue weighted by molar-refractivity contribution is 0.282. The van der Waals surface area contributed by atoms with Crippen molar-refractivity contribution in [3.63, 3.8) is 0 Å². The molecule has 0 heterocycles. The van der Waals surface area contributed by atoms with Crippen LogP contribution in [-0.2, 0) is 0 Å². The van der Waals surface area contributed by atoms with Crippen LogP contribution in [0.2, 0.25) is 0 Å². The Labute approximate surface area is 120 Å². The molecule has 0 aliphatic heterocycles. The predicted molar refractivity (Wildman–Crippen MR) is 84.5 cm³/mol. The van der Waals surface area contributed by atoms with Crippen LogP contribution in [0.25, 0.3) is 0 Å². The van der Waals surface area contributed by atoms with Crippen LogP contribution in [0.15, 0.2) is 0 Å². The lowest BCUT2D eigenvalue weighted by Crippen LogP contribution is -2.31. The Morgan fingerprint density at radius 3 is 1.58 bits per heavy atom. The second kappa shape index (κ2) is 9.80. The van der Waals surface area contributed by atoms with E-state index in [1.165, 1.54) is 103 Å². The van der Waals surface area contributed by atoms with Gasteiger partial charge in [0.1, 0.15) is 0 Å². The van der Waals surface area contributed by atoms with Crippen LogP contribution < -0.4 is 5.32 Å². The van der Waals surface area contributed by atoms with Crippen molar-refractivity contribution in [1.29, 1.82) is 0 Å². The van der Waals surface area contributed by atoms with Crippen LogP contribution in [0.3, 0.4) is 0 Å². The number of rotatable bonds is 4.